The third kappa shape index (κ3) is 7.46. The van der Waals surface area contributed by atoms with E-state index >= 15 is 0 Å². The summed E-state index contributed by atoms with van der Waals surface area (Å²) in [4.78, 5) is 0. The largest absolute Gasteiger partial charge is 0.497 e. The van der Waals surface area contributed by atoms with E-state index in [1.54, 1.807) is 7.11 Å². The lowest BCUT2D eigenvalue weighted by Gasteiger charge is -2.28. The van der Waals surface area contributed by atoms with Crippen LogP contribution in [0.2, 0.25) is 0 Å². The normalized spacial score (nSPS) is 13.5. The summed E-state index contributed by atoms with van der Waals surface area (Å²) in [7, 11) is 1.67. The molecule has 0 saturated carbocycles. The van der Waals surface area contributed by atoms with Crippen molar-refractivity contribution in [3.05, 3.63) is 29.8 Å². The van der Waals surface area contributed by atoms with Gasteiger partial charge in [-0.3, -0.25) is 0 Å². The van der Waals surface area contributed by atoms with Crippen LogP contribution in [0.4, 0.5) is 0 Å². The van der Waals surface area contributed by atoms with E-state index in [0.717, 1.165) is 12.2 Å². The SMILES string of the molecule is COc1ccc(CC(C)(C)NCC(O)COC(C)C)cc1. The fourth-order valence-electron chi connectivity index (χ4n) is 2.07. The van der Waals surface area contributed by atoms with Gasteiger partial charge in [-0.25, -0.2) is 0 Å². The van der Waals surface area contributed by atoms with Crippen molar-refractivity contribution < 1.29 is 14.6 Å². The molecule has 120 valence electrons. The number of rotatable bonds is 9. The molecule has 0 aromatic heterocycles. The second kappa shape index (κ2) is 8.37. The molecule has 0 radical (unpaired) electrons. The van der Waals surface area contributed by atoms with E-state index in [4.69, 9.17) is 9.47 Å². The summed E-state index contributed by atoms with van der Waals surface area (Å²) in [6, 6.07) is 8.08. The molecule has 1 unspecified atom stereocenters. The monoisotopic (exact) mass is 295 g/mol. The first-order valence-electron chi connectivity index (χ1n) is 7.50. The van der Waals surface area contributed by atoms with Crippen LogP contribution in [0.15, 0.2) is 24.3 Å². The molecule has 4 nitrogen and oxygen atoms in total. The Kier molecular flexibility index (Phi) is 7.15. The van der Waals surface area contributed by atoms with Crippen molar-refractivity contribution in [1.29, 1.82) is 0 Å². The van der Waals surface area contributed by atoms with Gasteiger partial charge in [0.1, 0.15) is 5.75 Å². The molecule has 1 atom stereocenters. The van der Waals surface area contributed by atoms with Crippen LogP contribution < -0.4 is 10.1 Å². The van der Waals surface area contributed by atoms with Gasteiger partial charge in [0, 0.05) is 12.1 Å². The Hall–Kier alpha value is -1.10. The maximum absolute atomic E-state index is 9.89. The summed E-state index contributed by atoms with van der Waals surface area (Å²) in [5.41, 5.74) is 1.15. The molecule has 1 rings (SSSR count). The van der Waals surface area contributed by atoms with Crippen LogP contribution in [0.25, 0.3) is 0 Å². The smallest absolute Gasteiger partial charge is 0.118 e. The molecule has 21 heavy (non-hydrogen) atoms. The van der Waals surface area contributed by atoms with Gasteiger partial charge < -0.3 is 19.9 Å². The fourth-order valence-corrected chi connectivity index (χ4v) is 2.07. The zero-order valence-electron chi connectivity index (χ0n) is 13.8. The molecule has 0 spiro atoms. The molecule has 1 aromatic rings. The third-order valence-electron chi connectivity index (χ3n) is 3.24. The van der Waals surface area contributed by atoms with Gasteiger partial charge in [-0.15, -0.1) is 0 Å². The number of β-amino-alcohol motifs (C(OH)–C–C–N with tert-alkyl or cyclic N) is 1. The van der Waals surface area contributed by atoms with Crippen molar-refractivity contribution in [2.24, 2.45) is 0 Å². The molecule has 2 N–H and O–H groups in total. The van der Waals surface area contributed by atoms with Crippen molar-refractivity contribution in [2.45, 2.75) is 51.9 Å². The van der Waals surface area contributed by atoms with Gasteiger partial charge in [-0.2, -0.15) is 0 Å². The number of hydrogen-bond acceptors (Lipinski definition) is 4. The Morgan fingerprint density at radius 1 is 1.19 bits per heavy atom. The standard InChI is InChI=1S/C17H29NO3/c1-13(2)21-12-15(19)11-18-17(3,4)10-14-6-8-16(20-5)9-7-14/h6-9,13,15,18-19H,10-12H2,1-5H3. The van der Waals surface area contributed by atoms with Crippen LogP contribution in [-0.2, 0) is 11.2 Å². The lowest BCUT2D eigenvalue weighted by atomic mass is 9.94. The molecule has 4 heteroatoms. The van der Waals surface area contributed by atoms with Crippen molar-refractivity contribution in [3.63, 3.8) is 0 Å². The average Bonchev–Trinajstić information content (AvgIpc) is 2.43. The molecule has 0 aliphatic rings. The number of methoxy groups -OCH3 is 1. The Labute approximate surface area is 128 Å². The number of aliphatic hydroxyl groups excluding tert-OH is 1. The molecular formula is C17H29NO3. The van der Waals surface area contributed by atoms with Crippen molar-refractivity contribution in [3.8, 4) is 5.75 Å². The van der Waals surface area contributed by atoms with E-state index < -0.39 is 6.10 Å². The zero-order valence-corrected chi connectivity index (χ0v) is 13.8. The highest BCUT2D eigenvalue weighted by Crippen LogP contribution is 2.16. The molecule has 0 aliphatic carbocycles. The van der Waals surface area contributed by atoms with E-state index in [-0.39, 0.29) is 11.6 Å². The Bertz CT molecular complexity index is 401. The molecule has 0 bridgehead atoms. The summed E-state index contributed by atoms with van der Waals surface area (Å²) in [5.74, 6) is 0.866. The fraction of sp³-hybridized carbons (Fsp3) is 0.647. The summed E-state index contributed by atoms with van der Waals surface area (Å²) in [6.45, 7) is 9.08. The summed E-state index contributed by atoms with van der Waals surface area (Å²) in [6.07, 6.45) is 0.545. The van der Waals surface area contributed by atoms with Gasteiger partial charge in [0.25, 0.3) is 0 Å². The van der Waals surface area contributed by atoms with Crippen LogP contribution in [0.1, 0.15) is 33.3 Å². The van der Waals surface area contributed by atoms with E-state index in [0.29, 0.717) is 13.2 Å². The molecular weight excluding hydrogens is 266 g/mol. The highest BCUT2D eigenvalue weighted by Gasteiger charge is 2.19. The summed E-state index contributed by atoms with van der Waals surface area (Å²) in [5, 5.41) is 13.3. The van der Waals surface area contributed by atoms with Crippen LogP contribution >= 0.6 is 0 Å². The van der Waals surface area contributed by atoms with Crippen LogP contribution in [-0.4, -0.2) is 43.1 Å². The molecule has 0 aliphatic heterocycles. The van der Waals surface area contributed by atoms with Crippen molar-refractivity contribution in [2.75, 3.05) is 20.3 Å². The van der Waals surface area contributed by atoms with Crippen LogP contribution in [0.3, 0.4) is 0 Å². The lowest BCUT2D eigenvalue weighted by molar-refractivity contribution is 0.00404. The predicted molar refractivity (Wildman–Crippen MR) is 85.9 cm³/mol. The highest BCUT2D eigenvalue weighted by molar-refractivity contribution is 5.28. The lowest BCUT2D eigenvalue weighted by Crippen LogP contribution is -2.46. The molecule has 0 amide bonds. The minimum atomic E-state index is -0.484. The van der Waals surface area contributed by atoms with Gasteiger partial charge in [-0.1, -0.05) is 12.1 Å². The van der Waals surface area contributed by atoms with E-state index in [2.05, 4.69) is 31.3 Å². The number of aliphatic hydroxyl groups is 1. The third-order valence-corrected chi connectivity index (χ3v) is 3.24. The number of nitrogens with one attached hydrogen (secondary N) is 1. The molecule has 0 heterocycles. The van der Waals surface area contributed by atoms with E-state index in [1.165, 1.54) is 5.56 Å². The first-order chi connectivity index (χ1) is 9.82. The Morgan fingerprint density at radius 2 is 1.81 bits per heavy atom. The van der Waals surface area contributed by atoms with E-state index in [1.807, 2.05) is 26.0 Å². The number of benzene rings is 1. The number of hydrogen-bond donors (Lipinski definition) is 2. The van der Waals surface area contributed by atoms with Gasteiger partial charge >= 0.3 is 0 Å². The first kappa shape index (κ1) is 18.0. The Morgan fingerprint density at radius 3 is 2.33 bits per heavy atom. The van der Waals surface area contributed by atoms with Crippen LogP contribution in [0, 0.1) is 0 Å². The summed E-state index contributed by atoms with van der Waals surface area (Å²) < 4.78 is 10.6. The molecule has 0 fully saturated rings. The minimum Gasteiger partial charge on any atom is -0.497 e. The average molecular weight is 295 g/mol. The molecule has 1 aromatic carbocycles. The van der Waals surface area contributed by atoms with Gasteiger partial charge in [0.05, 0.1) is 25.9 Å². The minimum absolute atomic E-state index is 0.0899. The number of ether oxygens (including phenoxy) is 2. The van der Waals surface area contributed by atoms with Gasteiger partial charge in [0.2, 0.25) is 0 Å². The van der Waals surface area contributed by atoms with Crippen molar-refractivity contribution in [1.82, 2.24) is 5.32 Å². The van der Waals surface area contributed by atoms with Gasteiger partial charge in [0.15, 0.2) is 0 Å². The molecule has 0 saturated heterocycles. The quantitative estimate of drug-likeness (QED) is 0.734. The van der Waals surface area contributed by atoms with Gasteiger partial charge in [-0.05, 0) is 51.8 Å². The van der Waals surface area contributed by atoms with Crippen molar-refractivity contribution >= 4 is 0 Å². The first-order valence-corrected chi connectivity index (χ1v) is 7.50. The maximum atomic E-state index is 9.89. The topological polar surface area (TPSA) is 50.7 Å². The van der Waals surface area contributed by atoms with Crippen LogP contribution in [0.5, 0.6) is 5.75 Å². The predicted octanol–water partition coefficient (Wildman–Crippen LogP) is 2.39. The second-order valence-corrected chi connectivity index (χ2v) is 6.33. The summed E-state index contributed by atoms with van der Waals surface area (Å²) >= 11 is 0. The zero-order chi connectivity index (χ0) is 15.9. The maximum Gasteiger partial charge on any atom is 0.118 e. The Balaban J connectivity index is 2.41. The van der Waals surface area contributed by atoms with E-state index in [9.17, 15) is 5.11 Å². The highest BCUT2D eigenvalue weighted by atomic mass is 16.5. The second-order valence-electron chi connectivity index (χ2n) is 6.33.